The van der Waals surface area contributed by atoms with Gasteiger partial charge in [0, 0.05) is 32.7 Å². The zero-order chi connectivity index (χ0) is 19.4. The first-order valence-corrected chi connectivity index (χ1v) is 9.91. The molecule has 7 nitrogen and oxygen atoms in total. The van der Waals surface area contributed by atoms with Crippen LogP contribution < -0.4 is 10.6 Å². The number of rotatable bonds is 11. The maximum absolute atomic E-state index is 5.59. The lowest BCUT2D eigenvalue weighted by Gasteiger charge is -2.11. The minimum atomic E-state index is 0.517. The number of aromatic nitrogens is 2. The van der Waals surface area contributed by atoms with E-state index in [2.05, 4.69) is 38.6 Å². The first kappa shape index (κ1) is 19.9. The third kappa shape index (κ3) is 6.42. The molecule has 28 heavy (non-hydrogen) atoms. The Morgan fingerprint density at radius 1 is 1.18 bits per heavy atom. The molecule has 150 valence electrons. The molecule has 0 fully saturated rings. The van der Waals surface area contributed by atoms with Crippen LogP contribution in [0, 0.1) is 0 Å². The number of nitrogens with zero attached hydrogens (tertiary/aromatic N) is 2. The fourth-order valence-electron chi connectivity index (χ4n) is 2.85. The van der Waals surface area contributed by atoms with Crippen LogP contribution in [-0.4, -0.2) is 42.2 Å². The molecule has 3 rings (SSSR count). The van der Waals surface area contributed by atoms with Gasteiger partial charge in [-0.1, -0.05) is 12.1 Å². The highest BCUT2D eigenvalue weighted by atomic mass is 16.5. The summed E-state index contributed by atoms with van der Waals surface area (Å²) in [6, 6.07) is 11.9. The molecule has 0 spiro atoms. The Labute approximate surface area is 165 Å². The van der Waals surface area contributed by atoms with Crippen molar-refractivity contribution in [3.63, 3.8) is 0 Å². The average molecular weight is 383 g/mol. The Balaban J connectivity index is 1.32. The maximum atomic E-state index is 5.59. The summed E-state index contributed by atoms with van der Waals surface area (Å²) in [5.74, 6) is 2.72. The monoisotopic (exact) mass is 383 g/mol. The van der Waals surface area contributed by atoms with Crippen LogP contribution in [-0.2, 0) is 17.8 Å². The van der Waals surface area contributed by atoms with Crippen molar-refractivity contribution in [1.82, 2.24) is 20.6 Å². The van der Waals surface area contributed by atoms with Gasteiger partial charge in [0.1, 0.15) is 18.2 Å². The van der Waals surface area contributed by atoms with E-state index >= 15 is 0 Å². The highest BCUT2D eigenvalue weighted by molar-refractivity contribution is 5.79. The van der Waals surface area contributed by atoms with Gasteiger partial charge >= 0.3 is 0 Å². The fraction of sp³-hybridized carbons (Fsp3) is 0.429. The summed E-state index contributed by atoms with van der Waals surface area (Å²) >= 11 is 0. The Bertz CT molecular complexity index is 808. The van der Waals surface area contributed by atoms with Crippen LogP contribution in [0.15, 0.2) is 52.1 Å². The van der Waals surface area contributed by atoms with Gasteiger partial charge < -0.3 is 24.8 Å². The number of fused-ring (bicyclic) bond motifs is 1. The SMILES string of the molecule is CCNC(=NCCCc1nc2ccccc2[nH]1)NCCCOCc1ccco1. The van der Waals surface area contributed by atoms with Crippen LogP contribution in [0.1, 0.15) is 31.4 Å². The highest BCUT2D eigenvalue weighted by Crippen LogP contribution is 2.11. The highest BCUT2D eigenvalue weighted by Gasteiger charge is 2.02. The molecule has 0 aliphatic rings. The Morgan fingerprint density at radius 3 is 2.93 bits per heavy atom. The van der Waals surface area contributed by atoms with Crippen LogP contribution >= 0.6 is 0 Å². The van der Waals surface area contributed by atoms with E-state index in [1.54, 1.807) is 6.26 Å². The molecule has 2 heterocycles. The number of aromatic amines is 1. The summed E-state index contributed by atoms with van der Waals surface area (Å²) in [6.07, 6.45) is 4.40. The second kappa shape index (κ2) is 11.1. The largest absolute Gasteiger partial charge is 0.467 e. The number of guanidine groups is 1. The van der Waals surface area contributed by atoms with E-state index in [-0.39, 0.29) is 0 Å². The van der Waals surface area contributed by atoms with Gasteiger partial charge in [0.25, 0.3) is 0 Å². The first-order chi connectivity index (χ1) is 13.8. The summed E-state index contributed by atoms with van der Waals surface area (Å²) in [5, 5.41) is 6.62. The molecular weight excluding hydrogens is 354 g/mol. The third-order valence-corrected chi connectivity index (χ3v) is 4.21. The van der Waals surface area contributed by atoms with Gasteiger partial charge in [-0.15, -0.1) is 0 Å². The molecular formula is C21H29N5O2. The van der Waals surface area contributed by atoms with Crippen molar-refractivity contribution in [2.75, 3.05) is 26.2 Å². The number of aryl methyl sites for hydroxylation is 1. The molecule has 0 unspecified atom stereocenters. The third-order valence-electron chi connectivity index (χ3n) is 4.21. The zero-order valence-electron chi connectivity index (χ0n) is 16.4. The Hall–Kier alpha value is -2.80. The van der Waals surface area contributed by atoms with Crippen LogP contribution in [0.25, 0.3) is 11.0 Å². The van der Waals surface area contributed by atoms with E-state index in [1.165, 1.54) is 0 Å². The number of ether oxygens (including phenoxy) is 1. The molecule has 3 aromatic rings. The predicted octanol–water partition coefficient (Wildman–Crippen LogP) is 3.25. The fourth-order valence-corrected chi connectivity index (χ4v) is 2.85. The lowest BCUT2D eigenvalue weighted by Crippen LogP contribution is -2.38. The van der Waals surface area contributed by atoms with E-state index in [0.29, 0.717) is 13.2 Å². The van der Waals surface area contributed by atoms with Gasteiger partial charge in [0.2, 0.25) is 0 Å². The predicted molar refractivity (Wildman–Crippen MR) is 111 cm³/mol. The molecule has 0 aliphatic carbocycles. The van der Waals surface area contributed by atoms with E-state index in [1.807, 2.05) is 30.3 Å². The van der Waals surface area contributed by atoms with Crippen molar-refractivity contribution in [3.8, 4) is 0 Å². The van der Waals surface area contributed by atoms with Gasteiger partial charge in [-0.25, -0.2) is 4.98 Å². The molecule has 0 amide bonds. The summed E-state index contributed by atoms with van der Waals surface area (Å²) < 4.78 is 10.8. The smallest absolute Gasteiger partial charge is 0.191 e. The van der Waals surface area contributed by atoms with Crippen LogP contribution in [0.5, 0.6) is 0 Å². The molecule has 2 aromatic heterocycles. The number of imidazole rings is 1. The van der Waals surface area contributed by atoms with Gasteiger partial charge in [0.05, 0.1) is 17.3 Å². The number of para-hydroxylation sites is 2. The summed E-state index contributed by atoms with van der Waals surface area (Å²) in [6.45, 7) is 5.67. The molecule has 3 N–H and O–H groups in total. The summed E-state index contributed by atoms with van der Waals surface area (Å²) in [5.41, 5.74) is 2.11. The molecule has 0 atom stereocenters. The lowest BCUT2D eigenvalue weighted by atomic mass is 10.3. The van der Waals surface area contributed by atoms with Crippen molar-refractivity contribution in [1.29, 1.82) is 0 Å². The maximum Gasteiger partial charge on any atom is 0.191 e. The number of furan rings is 1. The van der Waals surface area contributed by atoms with Crippen molar-refractivity contribution >= 4 is 17.0 Å². The summed E-state index contributed by atoms with van der Waals surface area (Å²) in [7, 11) is 0. The van der Waals surface area contributed by atoms with E-state index in [4.69, 9.17) is 9.15 Å². The van der Waals surface area contributed by atoms with E-state index < -0.39 is 0 Å². The Kier molecular flexibility index (Phi) is 7.93. The topological polar surface area (TPSA) is 87.5 Å². The molecule has 0 bridgehead atoms. The minimum absolute atomic E-state index is 0.517. The average Bonchev–Trinajstić information content (AvgIpc) is 3.36. The van der Waals surface area contributed by atoms with Crippen LogP contribution in [0.2, 0.25) is 0 Å². The number of aliphatic imine (C=N–C) groups is 1. The number of hydrogen-bond donors (Lipinski definition) is 3. The number of H-pyrrole nitrogens is 1. The normalized spacial score (nSPS) is 11.8. The lowest BCUT2D eigenvalue weighted by molar-refractivity contribution is 0.105. The molecule has 0 radical (unpaired) electrons. The number of hydrogen-bond acceptors (Lipinski definition) is 4. The van der Waals surface area contributed by atoms with Crippen molar-refractivity contribution in [2.45, 2.75) is 32.8 Å². The van der Waals surface area contributed by atoms with Crippen LogP contribution in [0.3, 0.4) is 0 Å². The van der Waals surface area contributed by atoms with Gasteiger partial charge in [-0.3, -0.25) is 4.99 Å². The summed E-state index contributed by atoms with van der Waals surface area (Å²) in [4.78, 5) is 12.6. The number of benzene rings is 1. The second-order valence-corrected chi connectivity index (χ2v) is 6.48. The van der Waals surface area contributed by atoms with Crippen LogP contribution in [0.4, 0.5) is 0 Å². The number of nitrogens with one attached hydrogen (secondary N) is 3. The Morgan fingerprint density at radius 2 is 2.11 bits per heavy atom. The van der Waals surface area contributed by atoms with Gasteiger partial charge in [-0.05, 0) is 44.0 Å². The van der Waals surface area contributed by atoms with Gasteiger partial charge in [0.15, 0.2) is 5.96 Å². The quantitative estimate of drug-likeness (QED) is 0.269. The van der Waals surface area contributed by atoms with E-state index in [0.717, 1.165) is 67.5 Å². The van der Waals surface area contributed by atoms with Crippen molar-refractivity contribution in [2.24, 2.45) is 4.99 Å². The zero-order valence-corrected chi connectivity index (χ0v) is 16.4. The standard InChI is InChI=1S/C21H29N5O2/c1-2-22-21(24-13-7-14-27-16-17-8-6-15-28-17)23-12-5-11-20-25-18-9-3-4-10-19(18)26-20/h3-4,6,8-10,15H,2,5,7,11-14,16H2,1H3,(H,25,26)(H2,22,23,24). The molecule has 0 saturated heterocycles. The van der Waals surface area contributed by atoms with E-state index in [9.17, 15) is 0 Å². The minimum Gasteiger partial charge on any atom is -0.467 e. The van der Waals surface area contributed by atoms with Crippen molar-refractivity contribution < 1.29 is 9.15 Å². The molecule has 0 aliphatic heterocycles. The first-order valence-electron chi connectivity index (χ1n) is 9.91. The van der Waals surface area contributed by atoms with Crippen molar-refractivity contribution in [3.05, 3.63) is 54.2 Å². The van der Waals surface area contributed by atoms with Gasteiger partial charge in [-0.2, -0.15) is 0 Å². The molecule has 7 heteroatoms. The second-order valence-electron chi connectivity index (χ2n) is 6.48. The molecule has 1 aromatic carbocycles. The molecule has 0 saturated carbocycles.